The number of carbonyl (C=O) groups is 1. The first kappa shape index (κ1) is 36.4. The number of benzene rings is 2. The Labute approximate surface area is 279 Å². The number of hydrogen-bond acceptors (Lipinski definition) is 7. The molecule has 2 fully saturated rings. The summed E-state index contributed by atoms with van der Waals surface area (Å²) in [6.45, 7) is 10.2. The van der Waals surface area contributed by atoms with Gasteiger partial charge in [0.2, 0.25) is 0 Å². The second-order valence-corrected chi connectivity index (χ2v) is 13.6. The van der Waals surface area contributed by atoms with E-state index < -0.39 is 0 Å². The average molecular weight is 635 g/mol. The molecule has 0 aromatic heterocycles. The lowest BCUT2D eigenvalue weighted by Gasteiger charge is -2.42. The fraction of sp³-hybridized carbons (Fsp3) is 0.667. The van der Waals surface area contributed by atoms with Crippen LogP contribution in [0.15, 0.2) is 36.4 Å². The summed E-state index contributed by atoms with van der Waals surface area (Å²) < 4.78 is 10.8. The Bertz CT molecular complexity index is 1180. The van der Waals surface area contributed by atoms with Crippen LogP contribution in [0.2, 0.25) is 0 Å². The summed E-state index contributed by atoms with van der Waals surface area (Å²) >= 11 is 0. The Balaban J connectivity index is 0.000000188. The number of rotatable bonds is 9. The molecule has 256 valence electrons. The molecule has 2 heterocycles. The molecule has 0 bridgehead atoms. The summed E-state index contributed by atoms with van der Waals surface area (Å²) in [5.74, 6) is 1.99. The van der Waals surface area contributed by atoms with Gasteiger partial charge in [0, 0.05) is 30.6 Å². The molecule has 0 saturated carbocycles. The number of fused-ring (bicyclic) bond motifs is 2. The third-order valence-electron chi connectivity index (χ3n) is 10.3. The molecule has 2 aromatic rings. The van der Waals surface area contributed by atoms with Crippen LogP contribution < -0.4 is 20.1 Å². The van der Waals surface area contributed by atoms with E-state index in [0.717, 1.165) is 30.2 Å². The van der Waals surface area contributed by atoms with Crippen molar-refractivity contribution in [1.29, 1.82) is 0 Å². The minimum Gasteiger partial charge on any atom is -0.497 e. The number of nitrogens with zero attached hydrogens (tertiary/aromatic N) is 2. The monoisotopic (exact) mass is 634 g/mol. The maximum Gasteiger partial charge on any atom is 0.119 e. The van der Waals surface area contributed by atoms with Crippen LogP contribution >= 0.6 is 0 Å². The minimum atomic E-state index is 0.639. The molecule has 0 unspecified atom stereocenters. The van der Waals surface area contributed by atoms with Crippen LogP contribution in [0, 0.1) is 0 Å². The Hall–Kier alpha value is -2.45. The van der Waals surface area contributed by atoms with E-state index in [1.165, 1.54) is 119 Å². The van der Waals surface area contributed by atoms with Crippen molar-refractivity contribution in [2.24, 2.45) is 0 Å². The molecule has 2 aromatic carbocycles. The van der Waals surface area contributed by atoms with E-state index in [9.17, 15) is 4.79 Å². The van der Waals surface area contributed by atoms with E-state index in [1.807, 2.05) is 6.92 Å². The number of aldehydes is 1. The molecular weight excluding hydrogens is 572 g/mol. The molecule has 46 heavy (non-hydrogen) atoms. The first-order valence-corrected chi connectivity index (χ1v) is 18.1. The number of hydrogen-bond donors (Lipinski definition) is 2. The van der Waals surface area contributed by atoms with Crippen molar-refractivity contribution in [3.05, 3.63) is 58.7 Å². The van der Waals surface area contributed by atoms with Gasteiger partial charge in [-0.2, -0.15) is 0 Å². The summed E-state index contributed by atoms with van der Waals surface area (Å²) in [5.41, 5.74) is 6.01. The SMILES string of the molecule is CCC=O.CCCN(C1CCNCC1)[C@@H]1CCc2ccc(OC)cc2C1.COc1ccc2c(c1)C[C@H](NC1CCN(C)CC1)CC2. The van der Waals surface area contributed by atoms with Crippen molar-refractivity contribution < 1.29 is 14.3 Å². The zero-order valence-corrected chi connectivity index (χ0v) is 29.5. The molecule has 7 nitrogen and oxygen atoms in total. The quantitative estimate of drug-likeness (QED) is 0.336. The van der Waals surface area contributed by atoms with E-state index in [1.54, 1.807) is 14.2 Å². The molecule has 0 spiro atoms. The number of aryl methyl sites for hydroxylation is 2. The number of methoxy groups -OCH3 is 2. The Morgan fingerprint density at radius 2 is 1.39 bits per heavy atom. The first-order valence-electron chi connectivity index (χ1n) is 18.1. The van der Waals surface area contributed by atoms with E-state index in [0.29, 0.717) is 24.5 Å². The van der Waals surface area contributed by atoms with Gasteiger partial charge in [0.25, 0.3) is 0 Å². The van der Waals surface area contributed by atoms with E-state index >= 15 is 0 Å². The van der Waals surface area contributed by atoms with E-state index in [-0.39, 0.29) is 0 Å². The van der Waals surface area contributed by atoms with Gasteiger partial charge in [0.1, 0.15) is 17.8 Å². The van der Waals surface area contributed by atoms with Gasteiger partial charge in [-0.25, -0.2) is 0 Å². The highest BCUT2D eigenvalue weighted by atomic mass is 16.5. The molecule has 2 atom stereocenters. The van der Waals surface area contributed by atoms with Crippen LogP contribution in [0.4, 0.5) is 0 Å². The molecule has 7 heteroatoms. The van der Waals surface area contributed by atoms with E-state index in [2.05, 4.69) is 70.8 Å². The van der Waals surface area contributed by atoms with Gasteiger partial charge in [-0.05, 0) is 157 Å². The highest BCUT2D eigenvalue weighted by Crippen LogP contribution is 2.30. The van der Waals surface area contributed by atoms with E-state index in [4.69, 9.17) is 9.47 Å². The molecule has 2 saturated heterocycles. The molecule has 2 aliphatic carbocycles. The zero-order valence-electron chi connectivity index (χ0n) is 29.5. The topological polar surface area (TPSA) is 66.1 Å². The Morgan fingerprint density at radius 1 is 0.804 bits per heavy atom. The van der Waals surface area contributed by atoms with Crippen LogP contribution in [-0.4, -0.2) is 94.2 Å². The van der Waals surface area contributed by atoms with Gasteiger partial charge in [-0.3, -0.25) is 4.90 Å². The predicted octanol–water partition coefficient (Wildman–Crippen LogP) is 5.85. The number of likely N-dealkylation sites (tertiary alicyclic amines) is 1. The fourth-order valence-electron chi connectivity index (χ4n) is 7.70. The van der Waals surface area contributed by atoms with Gasteiger partial charge < -0.3 is 29.8 Å². The maximum absolute atomic E-state index is 9.17. The second kappa shape index (κ2) is 19.4. The van der Waals surface area contributed by atoms with Crippen LogP contribution in [0.5, 0.6) is 11.5 Å². The number of carbonyl (C=O) groups excluding carboxylic acids is 1. The third kappa shape index (κ3) is 10.8. The fourth-order valence-corrected chi connectivity index (χ4v) is 7.70. The van der Waals surface area contributed by atoms with Gasteiger partial charge in [-0.1, -0.05) is 26.0 Å². The first-order chi connectivity index (χ1) is 22.5. The average Bonchev–Trinajstić information content (AvgIpc) is 3.11. The van der Waals surface area contributed by atoms with Crippen LogP contribution in [0.1, 0.15) is 87.5 Å². The number of nitrogens with one attached hydrogen (secondary N) is 2. The maximum atomic E-state index is 9.17. The van der Waals surface area contributed by atoms with Crippen molar-refractivity contribution in [2.45, 2.75) is 115 Å². The third-order valence-corrected chi connectivity index (χ3v) is 10.3. The second-order valence-electron chi connectivity index (χ2n) is 13.6. The van der Waals surface area contributed by atoms with Crippen LogP contribution in [0.3, 0.4) is 0 Å². The van der Waals surface area contributed by atoms with Crippen molar-refractivity contribution in [1.82, 2.24) is 20.4 Å². The summed E-state index contributed by atoms with van der Waals surface area (Å²) in [6, 6.07) is 16.0. The standard InChI is InChI=1S/C19H30N2O.C17H26N2O.C3H6O/c1-3-12-21(17-8-10-20-11-9-17)18-6-4-15-5-7-19(22-2)14-16(15)13-18;1-19-9-7-15(8-10-19)18-16-5-3-13-4-6-17(20-2)12-14(13)11-16;1-2-3-4/h5,7,14,17-18,20H,3-4,6,8-13H2,1-2H3;4,6,12,15-16,18H,3,5,7-11H2,1-2H3;3H,2H2,1H3/t18-;16-;/m11./s1. The highest BCUT2D eigenvalue weighted by Gasteiger charge is 2.30. The van der Waals surface area contributed by atoms with Crippen LogP contribution in [-0.2, 0) is 30.5 Å². The molecule has 4 aliphatic rings. The molecular formula is C39H62N4O3. The summed E-state index contributed by atoms with van der Waals surface area (Å²) in [6.07, 6.45) is 15.3. The highest BCUT2D eigenvalue weighted by molar-refractivity contribution is 5.48. The molecule has 2 aliphatic heterocycles. The zero-order chi connectivity index (χ0) is 32.7. The Kier molecular flexibility index (Phi) is 15.3. The summed E-state index contributed by atoms with van der Waals surface area (Å²) in [7, 11) is 5.73. The molecule has 2 N–H and O–H groups in total. The lowest BCUT2D eigenvalue weighted by atomic mass is 9.86. The minimum absolute atomic E-state index is 0.639. The smallest absolute Gasteiger partial charge is 0.119 e. The van der Waals surface area contributed by atoms with Gasteiger partial charge >= 0.3 is 0 Å². The molecule has 0 amide bonds. The van der Waals surface area contributed by atoms with Gasteiger partial charge in [0.15, 0.2) is 0 Å². The van der Waals surface area contributed by atoms with Crippen molar-refractivity contribution in [2.75, 3.05) is 54.0 Å². The number of ether oxygens (including phenoxy) is 2. The normalized spacial score (nSPS) is 22.0. The van der Waals surface area contributed by atoms with Gasteiger partial charge in [-0.15, -0.1) is 0 Å². The summed E-state index contributed by atoms with van der Waals surface area (Å²) in [4.78, 5) is 14.4. The Morgan fingerprint density at radius 3 is 1.96 bits per heavy atom. The van der Waals surface area contributed by atoms with Crippen molar-refractivity contribution in [3.8, 4) is 11.5 Å². The van der Waals surface area contributed by atoms with Crippen LogP contribution in [0.25, 0.3) is 0 Å². The van der Waals surface area contributed by atoms with Crippen molar-refractivity contribution >= 4 is 6.29 Å². The lowest BCUT2D eigenvalue weighted by Crippen LogP contribution is -2.50. The van der Waals surface area contributed by atoms with Crippen molar-refractivity contribution in [3.63, 3.8) is 0 Å². The van der Waals surface area contributed by atoms with Gasteiger partial charge in [0.05, 0.1) is 14.2 Å². The predicted molar refractivity (Wildman–Crippen MR) is 191 cm³/mol. The molecule has 0 radical (unpaired) electrons. The largest absolute Gasteiger partial charge is 0.497 e. The number of piperidine rings is 2. The summed E-state index contributed by atoms with van der Waals surface area (Å²) in [5, 5.41) is 7.39. The lowest BCUT2D eigenvalue weighted by molar-refractivity contribution is -0.107. The molecule has 6 rings (SSSR count).